The average Bonchev–Trinajstić information content (AvgIpc) is 3.12. The van der Waals surface area contributed by atoms with Crippen molar-refractivity contribution in [2.45, 2.75) is 45.4 Å². The van der Waals surface area contributed by atoms with Gasteiger partial charge in [-0.05, 0) is 92.9 Å². The molecule has 0 aliphatic carbocycles. The maximum absolute atomic E-state index is 11.1. The first-order valence-corrected chi connectivity index (χ1v) is 16.9. The highest BCUT2D eigenvalue weighted by atomic mass is 16.3. The monoisotopic (exact) mass is 637 g/mol. The number of rotatable bonds is 4. The van der Waals surface area contributed by atoms with Gasteiger partial charge in [0.25, 0.3) is 0 Å². The minimum Gasteiger partial charge on any atom is -0.506 e. The van der Waals surface area contributed by atoms with Crippen molar-refractivity contribution < 1.29 is 5.11 Å². The van der Waals surface area contributed by atoms with Crippen LogP contribution in [0, 0.1) is 0 Å². The number of nitrogens with zero attached hydrogens (tertiary/aromatic N) is 3. The highest BCUT2D eigenvalue weighted by Gasteiger charge is 2.37. The van der Waals surface area contributed by atoms with Crippen molar-refractivity contribution in [2.75, 3.05) is 4.90 Å². The molecule has 5 aromatic carbocycles. The second-order valence-electron chi connectivity index (χ2n) is 14.5. The summed E-state index contributed by atoms with van der Waals surface area (Å²) in [5.74, 6) is 1.03. The minimum absolute atomic E-state index is 0.0779. The smallest absolute Gasteiger partial charge is 0.141 e. The van der Waals surface area contributed by atoms with Crippen LogP contribution >= 0.6 is 0 Å². The van der Waals surface area contributed by atoms with Crippen LogP contribution < -0.4 is 4.90 Å². The predicted molar refractivity (Wildman–Crippen MR) is 203 cm³/mol. The van der Waals surface area contributed by atoms with Gasteiger partial charge in [-0.3, -0.25) is 4.90 Å². The molecule has 1 aliphatic rings. The first kappa shape index (κ1) is 30.6. The SMILES string of the molecule is CC(C)(C)c1ccc(-c2ccc(O)c3nc(-c4ccc5c(c4)N(c4cc(-c6ccccc6)ccn4)c4ccccc4C5(C)C)ccc23)cc1. The summed E-state index contributed by atoms with van der Waals surface area (Å²) in [5, 5.41) is 12.0. The number of phenols is 1. The molecule has 3 heterocycles. The van der Waals surface area contributed by atoms with E-state index < -0.39 is 0 Å². The Bertz CT molecular complexity index is 2350. The van der Waals surface area contributed by atoms with E-state index in [1.807, 2.05) is 18.3 Å². The molecule has 0 saturated carbocycles. The molecule has 0 saturated heterocycles. The van der Waals surface area contributed by atoms with E-state index in [0.29, 0.717) is 5.52 Å². The summed E-state index contributed by atoms with van der Waals surface area (Å²) >= 11 is 0. The van der Waals surface area contributed by atoms with Crippen molar-refractivity contribution in [3.05, 3.63) is 156 Å². The molecule has 2 aromatic heterocycles. The summed E-state index contributed by atoms with van der Waals surface area (Å²) in [6, 6.07) is 46.5. The molecule has 1 N–H and O–H groups in total. The topological polar surface area (TPSA) is 49.3 Å². The zero-order valence-corrected chi connectivity index (χ0v) is 28.6. The fourth-order valence-electron chi connectivity index (χ4n) is 7.24. The summed E-state index contributed by atoms with van der Waals surface area (Å²) < 4.78 is 0. The van der Waals surface area contributed by atoms with E-state index in [1.165, 1.54) is 16.7 Å². The number of phenolic OH excluding ortho intramolecular Hbond substituents is 1. The number of aromatic nitrogens is 2. The highest BCUT2D eigenvalue weighted by Crippen LogP contribution is 2.52. The lowest BCUT2D eigenvalue weighted by Gasteiger charge is -2.41. The van der Waals surface area contributed by atoms with Crippen LogP contribution in [0.15, 0.2) is 140 Å². The first-order chi connectivity index (χ1) is 23.6. The molecule has 1 aliphatic heterocycles. The van der Waals surface area contributed by atoms with E-state index >= 15 is 0 Å². The Hall–Kier alpha value is -5.74. The Balaban J connectivity index is 1.26. The molecular formula is C45H39N3O. The van der Waals surface area contributed by atoms with Gasteiger partial charge >= 0.3 is 0 Å². The summed E-state index contributed by atoms with van der Waals surface area (Å²) in [4.78, 5) is 12.3. The molecule has 4 heteroatoms. The van der Waals surface area contributed by atoms with E-state index in [2.05, 4.69) is 155 Å². The third-order valence-electron chi connectivity index (χ3n) is 10.0. The number of pyridine rings is 2. The fraction of sp³-hybridized carbons (Fsp3) is 0.156. The highest BCUT2D eigenvalue weighted by molar-refractivity contribution is 5.99. The summed E-state index contributed by atoms with van der Waals surface area (Å²) in [7, 11) is 0. The lowest BCUT2D eigenvalue weighted by Crippen LogP contribution is -2.31. The van der Waals surface area contributed by atoms with Gasteiger partial charge in [0.05, 0.1) is 17.1 Å². The van der Waals surface area contributed by atoms with Crippen molar-refractivity contribution >= 4 is 28.1 Å². The number of fused-ring (bicyclic) bond motifs is 3. The van der Waals surface area contributed by atoms with E-state index in [0.717, 1.165) is 56.1 Å². The Morgan fingerprint density at radius 1 is 0.612 bits per heavy atom. The largest absolute Gasteiger partial charge is 0.506 e. The van der Waals surface area contributed by atoms with Gasteiger partial charge in [-0.15, -0.1) is 0 Å². The molecule has 0 amide bonds. The molecule has 0 radical (unpaired) electrons. The number of hydrogen-bond acceptors (Lipinski definition) is 4. The van der Waals surface area contributed by atoms with E-state index in [1.54, 1.807) is 6.07 Å². The number of benzene rings is 5. The van der Waals surface area contributed by atoms with Gasteiger partial charge in [0.1, 0.15) is 17.1 Å². The molecule has 49 heavy (non-hydrogen) atoms. The predicted octanol–water partition coefficient (Wildman–Crippen LogP) is 11.7. The zero-order chi connectivity index (χ0) is 33.9. The lowest BCUT2D eigenvalue weighted by molar-refractivity contribution is 0.480. The number of para-hydroxylation sites is 1. The third kappa shape index (κ3) is 5.25. The summed E-state index contributed by atoms with van der Waals surface area (Å²) in [6.07, 6.45) is 1.89. The molecule has 0 unspecified atom stereocenters. The molecule has 240 valence electrons. The van der Waals surface area contributed by atoms with Gasteiger partial charge in [0, 0.05) is 22.6 Å². The number of hydrogen-bond donors (Lipinski definition) is 1. The van der Waals surface area contributed by atoms with Gasteiger partial charge in [0.15, 0.2) is 0 Å². The van der Waals surface area contributed by atoms with Crippen molar-refractivity contribution in [3.63, 3.8) is 0 Å². The average molecular weight is 638 g/mol. The molecule has 0 bridgehead atoms. The normalized spacial score (nSPS) is 13.6. The Kier molecular flexibility index (Phi) is 7.15. The third-order valence-corrected chi connectivity index (χ3v) is 10.0. The van der Waals surface area contributed by atoms with Crippen molar-refractivity contribution in [3.8, 4) is 39.3 Å². The van der Waals surface area contributed by atoms with Crippen LogP contribution in [-0.4, -0.2) is 15.1 Å². The van der Waals surface area contributed by atoms with Crippen molar-refractivity contribution in [1.82, 2.24) is 9.97 Å². The van der Waals surface area contributed by atoms with Crippen molar-refractivity contribution in [2.24, 2.45) is 0 Å². The zero-order valence-electron chi connectivity index (χ0n) is 28.6. The Morgan fingerprint density at radius 3 is 2.10 bits per heavy atom. The van der Waals surface area contributed by atoms with E-state index in [-0.39, 0.29) is 16.6 Å². The summed E-state index contributed by atoms with van der Waals surface area (Å²) in [6.45, 7) is 11.2. The first-order valence-electron chi connectivity index (χ1n) is 16.9. The number of aromatic hydroxyl groups is 1. The van der Waals surface area contributed by atoms with Crippen LogP contribution in [0.2, 0.25) is 0 Å². The van der Waals surface area contributed by atoms with Crippen molar-refractivity contribution in [1.29, 1.82) is 0 Å². The van der Waals surface area contributed by atoms with Crippen LogP contribution in [0.1, 0.15) is 51.3 Å². The maximum Gasteiger partial charge on any atom is 0.141 e. The Labute approximate surface area is 288 Å². The van der Waals surface area contributed by atoms with Crippen LogP contribution in [0.4, 0.5) is 17.2 Å². The molecule has 0 fully saturated rings. The second-order valence-corrected chi connectivity index (χ2v) is 14.5. The van der Waals surface area contributed by atoms with Crippen LogP contribution in [0.25, 0.3) is 44.4 Å². The molecular weight excluding hydrogens is 599 g/mol. The van der Waals surface area contributed by atoms with E-state index in [4.69, 9.17) is 9.97 Å². The van der Waals surface area contributed by atoms with E-state index in [9.17, 15) is 5.11 Å². The van der Waals surface area contributed by atoms with Gasteiger partial charge in [0.2, 0.25) is 0 Å². The molecule has 0 atom stereocenters. The molecule has 7 aromatic rings. The number of anilines is 3. The van der Waals surface area contributed by atoms with Crippen LogP contribution in [0.5, 0.6) is 5.75 Å². The lowest BCUT2D eigenvalue weighted by atomic mass is 9.73. The van der Waals surface area contributed by atoms with Crippen LogP contribution in [0.3, 0.4) is 0 Å². The Morgan fingerprint density at radius 2 is 1.33 bits per heavy atom. The molecule has 4 nitrogen and oxygen atoms in total. The van der Waals surface area contributed by atoms with Gasteiger partial charge < -0.3 is 5.11 Å². The molecule has 8 rings (SSSR count). The second kappa shape index (κ2) is 11.5. The standard InChI is InChI=1S/C45H39N3O/c1-44(2,3)33-18-15-30(16-19-33)34-21-24-41(49)43-35(34)20-23-38(47-43)32-17-22-37-40(27-32)48(39-14-10-9-13-36(39)45(37,4)5)42-28-31(25-26-46-42)29-11-7-6-8-12-29/h6-28,49H,1-5H3. The van der Waals surface area contributed by atoms with Crippen LogP contribution in [-0.2, 0) is 10.8 Å². The van der Waals surface area contributed by atoms with Gasteiger partial charge in [-0.2, -0.15) is 0 Å². The molecule has 0 spiro atoms. The maximum atomic E-state index is 11.1. The van der Waals surface area contributed by atoms with Gasteiger partial charge in [-0.25, -0.2) is 9.97 Å². The fourth-order valence-corrected chi connectivity index (χ4v) is 7.24. The summed E-state index contributed by atoms with van der Waals surface area (Å²) in [5.41, 5.74) is 12.5. The van der Waals surface area contributed by atoms with Gasteiger partial charge in [-0.1, -0.05) is 120 Å². The minimum atomic E-state index is -0.232. The quantitative estimate of drug-likeness (QED) is 0.209.